The number of halogens is 1. The van der Waals surface area contributed by atoms with Crippen LogP contribution in [-0.4, -0.2) is 11.2 Å². The van der Waals surface area contributed by atoms with Crippen LogP contribution in [0.3, 0.4) is 0 Å². The zero-order chi connectivity index (χ0) is 11.1. The van der Waals surface area contributed by atoms with Gasteiger partial charge in [0.2, 0.25) is 0 Å². The molecule has 2 nitrogen and oxygen atoms in total. The zero-order valence-corrected chi connectivity index (χ0v) is 10.6. The van der Waals surface area contributed by atoms with Crippen LogP contribution in [0.15, 0.2) is 22.7 Å². The fraction of sp³-hybridized carbons (Fsp3) is 0.538. The van der Waals surface area contributed by atoms with E-state index in [1.165, 1.54) is 19.3 Å². The molecule has 0 saturated heterocycles. The summed E-state index contributed by atoms with van der Waals surface area (Å²) in [6.07, 6.45) is 5.47. The first-order valence-electron chi connectivity index (χ1n) is 5.87. The van der Waals surface area contributed by atoms with Gasteiger partial charge in [-0.2, -0.15) is 0 Å². The number of fused-ring (bicyclic) bond motifs is 2. The monoisotopic (exact) mass is 282 g/mol. The van der Waals surface area contributed by atoms with Crippen LogP contribution in [0.1, 0.15) is 25.7 Å². The molecule has 0 aromatic heterocycles. The van der Waals surface area contributed by atoms with Crippen LogP contribution in [-0.2, 0) is 0 Å². The molecule has 3 rings (SSSR count). The molecule has 0 amide bonds. The van der Waals surface area contributed by atoms with E-state index < -0.39 is 0 Å². The molecule has 1 aromatic rings. The lowest BCUT2D eigenvalue weighted by Gasteiger charge is -2.23. The number of ether oxygens (including phenoxy) is 1. The molecule has 86 valence electrons. The van der Waals surface area contributed by atoms with Gasteiger partial charge in [0, 0.05) is 4.47 Å². The van der Waals surface area contributed by atoms with Gasteiger partial charge in [0.15, 0.2) is 11.5 Å². The summed E-state index contributed by atoms with van der Waals surface area (Å²) in [7, 11) is 0. The second-order valence-electron chi connectivity index (χ2n) is 4.94. The number of rotatable bonds is 2. The number of benzene rings is 1. The smallest absolute Gasteiger partial charge is 0.162 e. The number of phenolic OH excluding ortho intramolecular Hbond substituents is 1. The molecule has 1 aromatic carbocycles. The van der Waals surface area contributed by atoms with Crippen LogP contribution in [0.4, 0.5) is 0 Å². The maximum atomic E-state index is 9.72. The van der Waals surface area contributed by atoms with Crippen LogP contribution < -0.4 is 4.74 Å². The third kappa shape index (κ3) is 1.81. The summed E-state index contributed by atoms with van der Waals surface area (Å²) in [6.45, 7) is 0. The van der Waals surface area contributed by atoms with Crippen LogP contribution >= 0.6 is 15.9 Å². The summed E-state index contributed by atoms with van der Waals surface area (Å²) in [5, 5.41) is 9.72. The van der Waals surface area contributed by atoms with Crippen molar-refractivity contribution in [2.75, 3.05) is 0 Å². The van der Waals surface area contributed by atoms with Crippen LogP contribution in [0, 0.1) is 11.8 Å². The number of hydrogen-bond acceptors (Lipinski definition) is 2. The average molecular weight is 283 g/mol. The van der Waals surface area contributed by atoms with Gasteiger partial charge in [-0.05, 0) is 55.7 Å². The molecule has 16 heavy (non-hydrogen) atoms. The second-order valence-corrected chi connectivity index (χ2v) is 5.86. The Bertz CT molecular complexity index is 405. The van der Waals surface area contributed by atoms with Gasteiger partial charge in [-0.15, -0.1) is 0 Å². The van der Waals surface area contributed by atoms with Crippen LogP contribution in [0.5, 0.6) is 11.5 Å². The highest BCUT2D eigenvalue weighted by molar-refractivity contribution is 9.10. The largest absolute Gasteiger partial charge is 0.504 e. The van der Waals surface area contributed by atoms with Crippen molar-refractivity contribution >= 4 is 15.9 Å². The van der Waals surface area contributed by atoms with Gasteiger partial charge in [0.1, 0.15) is 6.10 Å². The Kier molecular flexibility index (Phi) is 2.58. The van der Waals surface area contributed by atoms with E-state index in [9.17, 15) is 5.11 Å². The zero-order valence-electron chi connectivity index (χ0n) is 9.03. The summed E-state index contributed by atoms with van der Waals surface area (Å²) < 4.78 is 6.89. The maximum Gasteiger partial charge on any atom is 0.162 e. The first-order valence-corrected chi connectivity index (χ1v) is 6.67. The van der Waals surface area contributed by atoms with E-state index in [1.807, 2.05) is 12.1 Å². The summed E-state index contributed by atoms with van der Waals surface area (Å²) in [4.78, 5) is 0. The van der Waals surface area contributed by atoms with Gasteiger partial charge >= 0.3 is 0 Å². The SMILES string of the molecule is Oc1ccc(Br)cc1OC1CC2CCC1C2. The number of aromatic hydroxyl groups is 1. The third-order valence-corrected chi connectivity index (χ3v) is 4.37. The van der Waals surface area contributed by atoms with E-state index in [1.54, 1.807) is 6.07 Å². The molecule has 2 aliphatic carbocycles. The maximum absolute atomic E-state index is 9.72. The lowest BCUT2D eigenvalue weighted by molar-refractivity contribution is 0.134. The van der Waals surface area contributed by atoms with E-state index in [-0.39, 0.29) is 5.75 Å². The molecule has 0 radical (unpaired) electrons. The Morgan fingerprint density at radius 1 is 1.25 bits per heavy atom. The number of hydrogen-bond donors (Lipinski definition) is 1. The predicted molar refractivity (Wildman–Crippen MR) is 65.7 cm³/mol. The molecule has 0 heterocycles. The summed E-state index contributed by atoms with van der Waals surface area (Å²) in [5.41, 5.74) is 0. The van der Waals surface area contributed by atoms with Gasteiger partial charge in [-0.1, -0.05) is 15.9 Å². The van der Waals surface area contributed by atoms with Crippen LogP contribution in [0.25, 0.3) is 0 Å². The van der Waals surface area contributed by atoms with E-state index in [2.05, 4.69) is 15.9 Å². The minimum atomic E-state index is 0.242. The average Bonchev–Trinajstić information content (AvgIpc) is 2.85. The topological polar surface area (TPSA) is 29.5 Å². The summed E-state index contributed by atoms with van der Waals surface area (Å²) >= 11 is 3.40. The number of phenols is 1. The predicted octanol–water partition coefficient (Wildman–Crippen LogP) is 3.72. The van der Waals surface area contributed by atoms with Crippen molar-refractivity contribution in [2.45, 2.75) is 31.8 Å². The molecular formula is C13H15BrO2. The molecular weight excluding hydrogens is 268 g/mol. The quantitative estimate of drug-likeness (QED) is 0.896. The molecule has 2 aliphatic rings. The van der Waals surface area contributed by atoms with Gasteiger partial charge < -0.3 is 9.84 Å². The molecule has 2 fully saturated rings. The lowest BCUT2D eigenvalue weighted by Crippen LogP contribution is -2.23. The Hall–Kier alpha value is -0.700. The molecule has 1 N–H and O–H groups in total. The van der Waals surface area contributed by atoms with Gasteiger partial charge in [0.05, 0.1) is 0 Å². The molecule has 0 aliphatic heterocycles. The van der Waals surface area contributed by atoms with E-state index in [4.69, 9.17) is 4.74 Å². The minimum absolute atomic E-state index is 0.242. The van der Waals surface area contributed by atoms with Crippen molar-refractivity contribution in [1.29, 1.82) is 0 Å². The minimum Gasteiger partial charge on any atom is -0.504 e. The molecule has 2 bridgehead atoms. The van der Waals surface area contributed by atoms with Gasteiger partial charge in [-0.25, -0.2) is 0 Å². The van der Waals surface area contributed by atoms with Crippen molar-refractivity contribution in [3.8, 4) is 11.5 Å². The Morgan fingerprint density at radius 3 is 2.81 bits per heavy atom. The van der Waals surface area contributed by atoms with Crippen molar-refractivity contribution in [2.24, 2.45) is 11.8 Å². The molecule has 0 spiro atoms. The van der Waals surface area contributed by atoms with Crippen molar-refractivity contribution in [1.82, 2.24) is 0 Å². The Balaban J connectivity index is 1.76. The highest BCUT2D eigenvalue weighted by atomic mass is 79.9. The van der Waals surface area contributed by atoms with E-state index in [0.717, 1.165) is 16.8 Å². The third-order valence-electron chi connectivity index (χ3n) is 3.87. The van der Waals surface area contributed by atoms with Crippen LogP contribution in [0.2, 0.25) is 0 Å². The van der Waals surface area contributed by atoms with Crippen molar-refractivity contribution in [3.05, 3.63) is 22.7 Å². The molecule has 2 saturated carbocycles. The first kappa shape index (κ1) is 10.5. The molecule has 3 heteroatoms. The van der Waals surface area contributed by atoms with E-state index in [0.29, 0.717) is 17.8 Å². The Morgan fingerprint density at radius 2 is 2.12 bits per heavy atom. The van der Waals surface area contributed by atoms with Gasteiger partial charge in [0.25, 0.3) is 0 Å². The first-order chi connectivity index (χ1) is 7.72. The van der Waals surface area contributed by atoms with Crippen molar-refractivity contribution in [3.63, 3.8) is 0 Å². The van der Waals surface area contributed by atoms with Crippen molar-refractivity contribution < 1.29 is 9.84 Å². The van der Waals surface area contributed by atoms with Gasteiger partial charge in [-0.3, -0.25) is 0 Å². The molecule has 3 unspecified atom stereocenters. The van der Waals surface area contributed by atoms with E-state index >= 15 is 0 Å². The normalized spacial score (nSPS) is 31.9. The fourth-order valence-corrected chi connectivity index (χ4v) is 3.42. The highest BCUT2D eigenvalue weighted by Gasteiger charge is 2.41. The summed E-state index contributed by atoms with van der Waals surface area (Å²) in [6, 6.07) is 5.34. The second kappa shape index (κ2) is 3.95. The fourth-order valence-electron chi connectivity index (χ4n) is 3.08. The molecule has 3 atom stereocenters. The lowest BCUT2D eigenvalue weighted by atomic mass is 9.98. The summed E-state index contributed by atoms with van der Waals surface area (Å²) in [5.74, 6) is 2.44. The highest BCUT2D eigenvalue weighted by Crippen LogP contribution is 2.46. The Labute approximate surface area is 104 Å². The standard InChI is InChI=1S/C13H15BrO2/c14-10-3-4-11(15)13(7-10)16-12-6-8-1-2-9(12)5-8/h3-4,7-9,12,15H,1-2,5-6H2.